The number of ether oxygens (including phenoxy) is 3. The van der Waals surface area contributed by atoms with Gasteiger partial charge in [0, 0.05) is 5.92 Å². The fourth-order valence-electron chi connectivity index (χ4n) is 2.39. The lowest BCUT2D eigenvalue weighted by atomic mass is 9.83. The van der Waals surface area contributed by atoms with Gasteiger partial charge in [-0.15, -0.1) is 0 Å². The van der Waals surface area contributed by atoms with Crippen LogP contribution in [0, 0.1) is 5.92 Å². The Morgan fingerprint density at radius 2 is 2.17 bits per heavy atom. The summed E-state index contributed by atoms with van der Waals surface area (Å²) in [6.07, 6.45) is -0.176. The summed E-state index contributed by atoms with van der Waals surface area (Å²) in [6.45, 7) is 8.51. The predicted octanol–water partition coefficient (Wildman–Crippen LogP) is 1.54. The third kappa shape index (κ3) is 2.27. The van der Waals surface area contributed by atoms with Gasteiger partial charge in [-0.3, -0.25) is 0 Å². The molecule has 0 unspecified atom stereocenters. The minimum absolute atomic E-state index is 0.127. The summed E-state index contributed by atoms with van der Waals surface area (Å²) in [7, 11) is 0. The second-order valence-electron chi connectivity index (χ2n) is 5.27. The van der Waals surface area contributed by atoms with Crippen molar-refractivity contribution in [1.29, 1.82) is 0 Å². The van der Waals surface area contributed by atoms with Crippen LogP contribution in [0.3, 0.4) is 0 Å². The van der Waals surface area contributed by atoms with Crippen LogP contribution in [0.15, 0.2) is 10.2 Å². The van der Waals surface area contributed by atoms with Gasteiger partial charge >= 0.3 is 5.97 Å². The third-order valence-corrected chi connectivity index (χ3v) is 3.45. The van der Waals surface area contributed by atoms with Crippen LogP contribution in [0.2, 0.25) is 0 Å². The zero-order valence-corrected chi connectivity index (χ0v) is 11.3. The number of esters is 1. The Kier molecular flexibility index (Phi) is 3.42. The highest BCUT2D eigenvalue weighted by atomic mass is 16.7. The molecule has 6 nitrogen and oxygen atoms in total. The van der Waals surface area contributed by atoms with E-state index in [1.165, 1.54) is 0 Å². The lowest BCUT2D eigenvalue weighted by molar-refractivity contribution is -0.159. The maximum atomic E-state index is 12.0. The number of carbonyl (C=O) groups excluding carboxylic acids is 1. The molecule has 1 fully saturated rings. The molecule has 0 aliphatic carbocycles. The maximum Gasteiger partial charge on any atom is 0.336 e. The van der Waals surface area contributed by atoms with Crippen LogP contribution in [-0.4, -0.2) is 43.2 Å². The first-order valence-electron chi connectivity index (χ1n) is 6.26. The molecule has 6 heteroatoms. The smallest absolute Gasteiger partial charge is 0.336 e. The van der Waals surface area contributed by atoms with Crippen molar-refractivity contribution >= 4 is 5.97 Å². The topological polar surface area (TPSA) is 69.5 Å². The van der Waals surface area contributed by atoms with Crippen LogP contribution < -0.4 is 0 Å². The predicted molar refractivity (Wildman–Crippen MR) is 63.2 cm³/mol. The molecule has 0 amide bonds. The molecular weight excluding hydrogens is 236 g/mol. The van der Waals surface area contributed by atoms with Gasteiger partial charge in [0.25, 0.3) is 0 Å². The fourth-order valence-corrected chi connectivity index (χ4v) is 2.39. The standard InChI is InChI=1S/C12H20N2O4/c1-5-16-10(15)12(4)8(6-13-14-12)9-7-17-11(2,3)18-9/h8-9H,5-7H2,1-4H3/t8-,9+,12-/m1/s1. The van der Waals surface area contributed by atoms with Gasteiger partial charge in [-0.1, -0.05) is 0 Å². The van der Waals surface area contributed by atoms with Crippen molar-refractivity contribution in [2.45, 2.75) is 45.1 Å². The van der Waals surface area contributed by atoms with Gasteiger partial charge in [-0.2, -0.15) is 10.2 Å². The van der Waals surface area contributed by atoms with Crippen LogP contribution in [0.5, 0.6) is 0 Å². The van der Waals surface area contributed by atoms with Gasteiger partial charge in [0.05, 0.1) is 25.9 Å². The second kappa shape index (κ2) is 4.59. The summed E-state index contributed by atoms with van der Waals surface area (Å²) in [5.41, 5.74) is -0.954. The van der Waals surface area contributed by atoms with E-state index in [4.69, 9.17) is 14.2 Å². The summed E-state index contributed by atoms with van der Waals surface area (Å²) in [4.78, 5) is 12.0. The van der Waals surface area contributed by atoms with E-state index in [0.717, 1.165) is 0 Å². The zero-order valence-electron chi connectivity index (χ0n) is 11.3. The number of hydrogen-bond donors (Lipinski definition) is 0. The molecule has 3 atom stereocenters. The molecule has 0 saturated carbocycles. The van der Waals surface area contributed by atoms with Crippen LogP contribution in [0.25, 0.3) is 0 Å². The number of hydrogen-bond acceptors (Lipinski definition) is 6. The van der Waals surface area contributed by atoms with Crippen LogP contribution in [0.1, 0.15) is 27.7 Å². The molecule has 0 aromatic carbocycles. The number of azo groups is 1. The van der Waals surface area contributed by atoms with Gasteiger partial charge in [0.2, 0.25) is 0 Å². The number of nitrogens with zero attached hydrogens (tertiary/aromatic N) is 2. The van der Waals surface area contributed by atoms with E-state index < -0.39 is 11.3 Å². The van der Waals surface area contributed by atoms with Crippen molar-refractivity contribution in [1.82, 2.24) is 0 Å². The summed E-state index contributed by atoms with van der Waals surface area (Å²) >= 11 is 0. The zero-order chi connectivity index (χ0) is 13.4. The first-order valence-corrected chi connectivity index (χ1v) is 6.26. The van der Waals surface area contributed by atoms with E-state index in [1.54, 1.807) is 13.8 Å². The van der Waals surface area contributed by atoms with Crippen LogP contribution in [-0.2, 0) is 19.0 Å². The Bertz CT molecular complexity index is 369. The average Bonchev–Trinajstić information content (AvgIpc) is 2.83. The fraction of sp³-hybridized carbons (Fsp3) is 0.917. The Labute approximate surface area is 107 Å². The summed E-state index contributed by atoms with van der Waals surface area (Å²) < 4.78 is 16.4. The molecule has 1 saturated heterocycles. The van der Waals surface area contributed by atoms with E-state index in [0.29, 0.717) is 19.8 Å². The summed E-state index contributed by atoms with van der Waals surface area (Å²) in [5.74, 6) is -1.08. The number of rotatable bonds is 3. The first kappa shape index (κ1) is 13.4. The van der Waals surface area contributed by atoms with E-state index >= 15 is 0 Å². The lowest BCUT2D eigenvalue weighted by Crippen LogP contribution is -2.47. The highest BCUT2D eigenvalue weighted by Gasteiger charge is 2.53. The highest BCUT2D eigenvalue weighted by Crippen LogP contribution is 2.38. The van der Waals surface area contributed by atoms with E-state index in [1.807, 2.05) is 13.8 Å². The molecule has 0 aromatic heterocycles. The molecule has 2 aliphatic rings. The van der Waals surface area contributed by atoms with Gasteiger partial charge < -0.3 is 14.2 Å². The summed E-state index contributed by atoms with van der Waals surface area (Å²) in [5, 5.41) is 8.08. The molecule has 0 spiro atoms. The lowest BCUT2D eigenvalue weighted by Gasteiger charge is -2.29. The minimum Gasteiger partial charge on any atom is -0.464 e. The van der Waals surface area contributed by atoms with Gasteiger partial charge in [0.1, 0.15) is 0 Å². The largest absolute Gasteiger partial charge is 0.464 e. The van der Waals surface area contributed by atoms with Crippen LogP contribution in [0.4, 0.5) is 0 Å². The molecule has 0 aromatic rings. The van der Waals surface area contributed by atoms with Crippen molar-refractivity contribution < 1.29 is 19.0 Å². The molecule has 0 N–H and O–H groups in total. The highest BCUT2D eigenvalue weighted by molar-refractivity contribution is 5.81. The monoisotopic (exact) mass is 256 g/mol. The third-order valence-electron chi connectivity index (χ3n) is 3.45. The number of carbonyl (C=O) groups is 1. The van der Waals surface area contributed by atoms with E-state index in [-0.39, 0.29) is 18.0 Å². The molecule has 18 heavy (non-hydrogen) atoms. The normalized spacial score (nSPS) is 38.0. The Morgan fingerprint density at radius 3 is 2.72 bits per heavy atom. The minimum atomic E-state index is -0.954. The quantitative estimate of drug-likeness (QED) is 0.718. The van der Waals surface area contributed by atoms with Crippen LogP contribution >= 0.6 is 0 Å². The Balaban J connectivity index is 2.12. The molecular formula is C12H20N2O4. The first-order chi connectivity index (χ1) is 8.39. The van der Waals surface area contributed by atoms with Crippen molar-refractivity contribution in [2.75, 3.05) is 19.8 Å². The second-order valence-corrected chi connectivity index (χ2v) is 5.27. The van der Waals surface area contributed by atoms with Crippen molar-refractivity contribution in [2.24, 2.45) is 16.1 Å². The van der Waals surface area contributed by atoms with E-state index in [2.05, 4.69) is 10.2 Å². The molecule has 102 valence electrons. The Hall–Kier alpha value is -1.01. The van der Waals surface area contributed by atoms with E-state index in [9.17, 15) is 4.79 Å². The van der Waals surface area contributed by atoms with Gasteiger partial charge in [-0.25, -0.2) is 4.79 Å². The molecule has 0 bridgehead atoms. The van der Waals surface area contributed by atoms with Crippen molar-refractivity contribution in [3.63, 3.8) is 0 Å². The van der Waals surface area contributed by atoms with Crippen molar-refractivity contribution in [3.8, 4) is 0 Å². The van der Waals surface area contributed by atoms with Crippen molar-refractivity contribution in [3.05, 3.63) is 0 Å². The molecule has 2 rings (SSSR count). The van der Waals surface area contributed by atoms with Gasteiger partial charge in [-0.05, 0) is 27.7 Å². The average molecular weight is 256 g/mol. The maximum absolute atomic E-state index is 12.0. The molecule has 0 radical (unpaired) electrons. The molecule has 2 aliphatic heterocycles. The SMILES string of the molecule is CCOC(=O)[C@]1(C)N=NC[C@@H]1[C@@H]1COC(C)(C)O1. The molecule has 2 heterocycles. The summed E-state index contributed by atoms with van der Waals surface area (Å²) in [6, 6.07) is 0. The Morgan fingerprint density at radius 1 is 1.44 bits per heavy atom. The van der Waals surface area contributed by atoms with Gasteiger partial charge in [0.15, 0.2) is 11.3 Å².